The fourth-order valence-corrected chi connectivity index (χ4v) is 4.31. The maximum Gasteiger partial charge on any atom is 0.254 e. The zero-order chi connectivity index (χ0) is 24.1. The second-order valence-electron chi connectivity index (χ2n) is 8.28. The van der Waals surface area contributed by atoms with Crippen molar-refractivity contribution in [2.24, 2.45) is 5.92 Å². The van der Waals surface area contributed by atoms with Crippen molar-refractivity contribution < 1.29 is 23.5 Å². The molecule has 6 nitrogen and oxygen atoms in total. The summed E-state index contributed by atoms with van der Waals surface area (Å²) < 4.78 is 23.8. The summed E-state index contributed by atoms with van der Waals surface area (Å²) in [5, 5.41) is 2.96. The third-order valence-corrected chi connectivity index (χ3v) is 6.16. The summed E-state index contributed by atoms with van der Waals surface area (Å²) in [6, 6.07) is 20.6. The van der Waals surface area contributed by atoms with Crippen molar-refractivity contribution in [3.05, 3.63) is 95.3 Å². The van der Waals surface area contributed by atoms with Crippen molar-refractivity contribution >= 4 is 11.8 Å². The fourth-order valence-electron chi connectivity index (χ4n) is 4.31. The van der Waals surface area contributed by atoms with Crippen LogP contribution in [0.3, 0.4) is 0 Å². The van der Waals surface area contributed by atoms with Crippen LogP contribution in [0.1, 0.15) is 27.4 Å². The summed E-state index contributed by atoms with van der Waals surface area (Å²) in [7, 11) is 3.15. The van der Waals surface area contributed by atoms with Crippen molar-refractivity contribution in [2.75, 3.05) is 27.3 Å². The Balaban J connectivity index is 1.56. The molecule has 4 rings (SSSR count). The van der Waals surface area contributed by atoms with Crippen LogP contribution in [0.15, 0.2) is 72.8 Å². The third kappa shape index (κ3) is 5.20. The Morgan fingerprint density at radius 3 is 2.32 bits per heavy atom. The lowest BCUT2D eigenvalue weighted by atomic mass is 9.88. The molecule has 1 fully saturated rings. The zero-order valence-electron chi connectivity index (χ0n) is 19.2. The molecule has 2 atom stereocenters. The molecule has 7 heteroatoms. The van der Waals surface area contributed by atoms with Crippen molar-refractivity contribution in [1.82, 2.24) is 10.2 Å². The topological polar surface area (TPSA) is 67.9 Å². The van der Waals surface area contributed by atoms with E-state index in [1.807, 2.05) is 24.3 Å². The Bertz CT molecular complexity index is 1170. The number of halogens is 1. The van der Waals surface area contributed by atoms with Gasteiger partial charge in [0.25, 0.3) is 5.91 Å². The Labute approximate surface area is 198 Å². The van der Waals surface area contributed by atoms with Gasteiger partial charge in [0, 0.05) is 31.1 Å². The summed E-state index contributed by atoms with van der Waals surface area (Å²) in [5.41, 5.74) is 2.24. The maximum absolute atomic E-state index is 13.3. The molecule has 0 aliphatic carbocycles. The Morgan fingerprint density at radius 2 is 1.62 bits per heavy atom. The Kier molecular flexibility index (Phi) is 7.11. The van der Waals surface area contributed by atoms with Crippen molar-refractivity contribution in [2.45, 2.75) is 12.5 Å². The molecule has 1 aliphatic rings. The number of nitrogens with zero attached hydrogens (tertiary/aromatic N) is 1. The van der Waals surface area contributed by atoms with Crippen LogP contribution in [0.25, 0.3) is 0 Å². The van der Waals surface area contributed by atoms with Gasteiger partial charge in [0.15, 0.2) is 0 Å². The lowest BCUT2D eigenvalue weighted by molar-refractivity contribution is -0.125. The monoisotopic (exact) mass is 462 g/mol. The van der Waals surface area contributed by atoms with E-state index in [9.17, 15) is 14.0 Å². The quantitative estimate of drug-likeness (QED) is 0.576. The summed E-state index contributed by atoms with van der Waals surface area (Å²) in [4.78, 5) is 28.2. The maximum atomic E-state index is 13.3. The van der Waals surface area contributed by atoms with Crippen LogP contribution in [0, 0.1) is 11.7 Å². The zero-order valence-corrected chi connectivity index (χ0v) is 19.2. The highest BCUT2D eigenvalue weighted by molar-refractivity contribution is 5.95. The van der Waals surface area contributed by atoms with Crippen LogP contribution in [0.4, 0.5) is 4.39 Å². The van der Waals surface area contributed by atoms with E-state index in [1.165, 1.54) is 12.1 Å². The Hall–Kier alpha value is -3.87. The van der Waals surface area contributed by atoms with Gasteiger partial charge in [-0.3, -0.25) is 9.59 Å². The normalized spacial score (nSPS) is 17.3. The number of rotatable bonds is 7. The van der Waals surface area contributed by atoms with Crippen molar-refractivity contribution in [3.63, 3.8) is 0 Å². The second kappa shape index (κ2) is 10.4. The predicted octanol–water partition coefficient (Wildman–Crippen LogP) is 4.02. The van der Waals surface area contributed by atoms with E-state index >= 15 is 0 Å². The average molecular weight is 463 g/mol. The molecule has 1 saturated heterocycles. The highest BCUT2D eigenvalue weighted by Gasteiger charge is 2.40. The first-order chi connectivity index (χ1) is 16.5. The van der Waals surface area contributed by atoms with E-state index in [1.54, 1.807) is 55.5 Å². The molecular formula is C27H27FN2O4. The number of likely N-dealkylation sites (tertiary alicyclic amines) is 1. The molecule has 0 unspecified atom stereocenters. The second-order valence-corrected chi connectivity index (χ2v) is 8.28. The number of hydrogen-bond acceptors (Lipinski definition) is 4. The molecule has 2 amide bonds. The summed E-state index contributed by atoms with van der Waals surface area (Å²) in [6.07, 6.45) is 0. The SMILES string of the molecule is COc1cccc(C(=O)N2C[C@H](C(=O)NCc3ccc(F)cc3)[C@H](c3cccc(OC)c3)C2)c1. The molecule has 0 bridgehead atoms. The van der Waals surface area contributed by atoms with Crippen LogP contribution in [-0.2, 0) is 11.3 Å². The number of nitrogens with one attached hydrogen (secondary N) is 1. The van der Waals surface area contributed by atoms with E-state index in [0.29, 0.717) is 23.6 Å². The number of methoxy groups -OCH3 is 2. The molecule has 0 spiro atoms. The van der Waals surface area contributed by atoms with Crippen LogP contribution in [0.5, 0.6) is 11.5 Å². The largest absolute Gasteiger partial charge is 0.497 e. The summed E-state index contributed by atoms with van der Waals surface area (Å²) in [6.45, 7) is 0.968. The van der Waals surface area contributed by atoms with Crippen molar-refractivity contribution in [3.8, 4) is 11.5 Å². The molecule has 3 aromatic rings. The van der Waals surface area contributed by atoms with Crippen LogP contribution < -0.4 is 14.8 Å². The standard InChI is InChI=1S/C27H27FN2O4/c1-33-22-7-3-5-19(13-22)24-16-30(27(32)20-6-4-8-23(14-20)34-2)17-25(24)26(31)29-15-18-9-11-21(28)12-10-18/h3-14,24-25H,15-17H2,1-2H3,(H,29,31)/t24-,25-/m0/s1. The summed E-state index contributed by atoms with van der Waals surface area (Å²) >= 11 is 0. The minimum atomic E-state index is -0.442. The molecular weight excluding hydrogens is 435 g/mol. The van der Waals surface area contributed by atoms with Gasteiger partial charge < -0.3 is 19.7 Å². The lowest BCUT2D eigenvalue weighted by Crippen LogP contribution is -2.35. The van der Waals surface area contributed by atoms with Crippen LogP contribution in [-0.4, -0.2) is 44.0 Å². The molecule has 0 saturated carbocycles. The van der Waals surface area contributed by atoms with Crippen molar-refractivity contribution in [1.29, 1.82) is 0 Å². The molecule has 34 heavy (non-hydrogen) atoms. The number of carbonyl (C=O) groups is 2. The van der Waals surface area contributed by atoms with E-state index in [2.05, 4.69) is 5.32 Å². The molecule has 0 aromatic heterocycles. The number of benzene rings is 3. The highest BCUT2D eigenvalue weighted by atomic mass is 19.1. The molecule has 3 aromatic carbocycles. The predicted molar refractivity (Wildman–Crippen MR) is 126 cm³/mol. The molecule has 176 valence electrons. The molecule has 1 aliphatic heterocycles. The number of amides is 2. The van der Waals surface area contributed by atoms with Gasteiger partial charge in [0.2, 0.25) is 5.91 Å². The van der Waals surface area contributed by atoms with Gasteiger partial charge in [-0.15, -0.1) is 0 Å². The van der Waals surface area contributed by atoms with Gasteiger partial charge in [-0.2, -0.15) is 0 Å². The Morgan fingerprint density at radius 1 is 0.941 bits per heavy atom. The van der Waals surface area contributed by atoms with E-state index < -0.39 is 5.92 Å². The first kappa shape index (κ1) is 23.3. The van der Waals surface area contributed by atoms with Gasteiger partial charge in [-0.05, 0) is 53.6 Å². The number of carbonyl (C=O) groups excluding carboxylic acids is 2. The van der Waals surface area contributed by atoms with E-state index in [4.69, 9.17) is 9.47 Å². The lowest BCUT2D eigenvalue weighted by Gasteiger charge is -2.19. The van der Waals surface area contributed by atoms with E-state index in [-0.39, 0.29) is 36.6 Å². The van der Waals surface area contributed by atoms with Gasteiger partial charge >= 0.3 is 0 Å². The van der Waals surface area contributed by atoms with E-state index in [0.717, 1.165) is 11.1 Å². The minimum Gasteiger partial charge on any atom is -0.497 e. The minimum absolute atomic E-state index is 0.152. The third-order valence-electron chi connectivity index (χ3n) is 6.16. The van der Waals surface area contributed by atoms with Gasteiger partial charge in [0.1, 0.15) is 17.3 Å². The smallest absolute Gasteiger partial charge is 0.254 e. The molecule has 0 radical (unpaired) electrons. The first-order valence-electron chi connectivity index (χ1n) is 11.1. The molecule has 1 N–H and O–H groups in total. The van der Waals surface area contributed by atoms with Gasteiger partial charge in [-0.25, -0.2) is 4.39 Å². The van der Waals surface area contributed by atoms with Crippen LogP contribution in [0.2, 0.25) is 0 Å². The molecule has 1 heterocycles. The average Bonchev–Trinajstić information content (AvgIpc) is 3.33. The number of ether oxygens (including phenoxy) is 2. The highest BCUT2D eigenvalue weighted by Crippen LogP contribution is 2.35. The van der Waals surface area contributed by atoms with Crippen LogP contribution >= 0.6 is 0 Å². The first-order valence-corrected chi connectivity index (χ1v) is 11.1. The fraction of sp³-hybridized carbons (Fsp3) is 0.259. The summed E-state index contributed by atoms with van der Waals surface area (Å²) in [5.74, 6) is 0.0258. The van der Waals surface area contributed by atoms with Gasteiger partial charge in [0.05, 0.1) is 20.1 Å². The van der Waals surface area contributed by atoms with Gasteiger partial charge in [-0.1, -0.05) is 30.3 Å². The number of hydrogen-bond donors (Lipinski definition) is 1.